The Kier molecular flexibility index (Phi) is 4.48. The Bertz CT molecular complexity index is 380. The summed E-state index contributed by atoms with van der Waals surface area (Å²) in [5, 5.41) is 31.3. The number of nitro groups is 2. The SMILES string of the molecule is O=[N+]([O-])c1cccc([O-])c1[N+](=O)[O-].[Na+]. The second kappa shape index (κ2) is 4.89. The maximum atomic E-state index is 10.8. The molecule has 0 heterocycles. The molecule has 0 saturated heterocycles. The Morgan fingerprint density at radius 3 is 2.00 bits per heavy atom. The molecule has 1 rings (SSSR count). The van der Waals surface area contributed by atoms with E-state index in [1.807, 2.05) is 0 Å². The topological polar surface area (TPSA) is 109 Å². The monoisotopic (exact) mass is 206 g/mol. The average Bonchev–Trinajstić information content (AvgIpc) is 2.02. The van der Waals surface area contributed by atoms with Gasteiger partial charge in [-0.2, -0.15) is 0 Å². The van der Waals surface area contributed by atoms with Gasteiger partial charge in [0, 0.05) is 6.07 Å². The van der Waals surface area contributed by atoms with Crippen molar-refractivity contribution in [2.45, 2.75) is 0 Å². The molecule has 0 aromatic heterocycles. The summed E-state index contributed by atoms with van der Waals surface area (Å²) >= 11 is 0. The third-order valence-electron chi connectivity index (χ3n) is 1.36. The Morgan fingerprint density at radius 1 is 1.07 bits per heavy atom. The third kappa shape index (κ3) is 2.41. The molecule has 0 radical (unpaired) electrons. The van der Waals surface area contributed by atoms with Crippen LogP contribution in [0.2, 0.25) is 0 Å². The molecule has 0 amide bonds. The first-order chi connectivity index (χ1) is 6.04. The molecular formula is C6H3N2NaO5. The van der Waals surface area contributed by atoms with Crippen LogP contribution in [-0.2, 0) is 0 Å². The van der Waals surface area contributed by atoms with Crippen LogP contribution in [-0.4, -0.2) is 9.85 Å². The second-order valence-corrected chi connectivity index (χ2v) is 2.14. The summed E-state index contributed by atoms with van der Waals surface area (Å²) in [4.78, 5) is 18.5. The molecule has 0 spiro atoms. The van der Waals surface area contributed by atoms with E-state index in [4.69, 9.17) is 0 Å². The van der Waals surface area contributed by atoms with Crippen LogP contribution in [0.5, 0.6) is 5.75 Å². The molecule has 68 valence electrons. The molecule has 0 aliphatic heterocycles. The summed E-state index contributed by atoms with van der Waals surface area (Å²) in [5.74, 6) is -0.959. The van der Waals surface area contributed by atoms with Crippen molar-refractivity contribution < 1.29 is 44.5 Å². The molecular weight excluding hydrogens is 203 g/mol. The largest absolute Gasteiger partial charge is 1.00 e. The maximum Gasteiger partial charge on any atom is 1.00 e. The van der Waals surface area contributed by atoms with Gasteiger partial charge < -0.3 is 5.11 Å². The van der Waals surface area contributed by atoms with E-state index < -0.39 is 27.0 Å². The molecule has 0 bridgehead atoms. The van der Waals surface area contributed by atoms with Crippen LogP contribution < -0.4 is 34.7 Å². The molecule has 7 nitrogen and oxygen atoms in total. The molecule has 0 aliphatic rings. The molecule has 0 atom stereocenters. The number of hydrogen-bond acceptors (Lipinski definition) is 5. The van der Waals surface area contributed by atoms with Crippen molar-refractivity contribution in [2.24, 2.45) is 0 Å². The first kappa shape index (κ1) is 12.8. The van der Waals surface area contributed by atoms with Crippen LogP contribution in [0.3, 0.4) is 0 Å². The fourth-order valence-electron chi connectivity index (χ4n) is 0.842. The summed E-state index contributed by atoms with van der Waals surface area (Å²) in [7, 11) is 0. The summed E-state index contributed by atoms with van der Waals surface area (Å²) in [6.07, 6.45) is 0. The zero-order valence-electron chi connectivity index (χ0n) is 7.17. The van der Waals surface area contributed by atoms with Crippen molar-refractivity contribution in [2.75, 3.05) is 0 Å². The normalized spacial score (nSPS) is 8.86. The van der Waals surface area contributed by atoms with Gasteiger partial charge in [0.05, 0.1) is 9.85 Å². The van der Waals surface area contributed by atoms with Crippen molar-refractivity contribution in [3.63, 3.8) is 0 Å². The summed E-state index contributed by atoms with van der Waals surface area (Å²) in [6, 6.07) is 2.93. The van der Waals surface area contributed by atoms with E-state index in [1.165, 1.54) is 0 Å². The predicted molar refractivity (Wildman–Crippen MR) is 39.2 cm³/mol. The molecule has 0 aliphatic carbocycles. The number of para-hydroxylation sites is 1. The third-order valence-corrected chi connectivity index (χ3v) is 1.36. The van der Waals surface area contributed by atoms with Gasteiger partial charge >= 0.3 is 40.9 Å². The number of nitrogens with zero attached hydrogens (tertiary/aromatic N) is 2. The quantitative estimate of drug-likeness (QED) is 0.304. The van der Waals surface area contributed by atoms with Gasteiger partial charge in [0.25, 0.3) is 0 Å². The molecule has 0 fully saturated rings. The molecule has 1 aromatic rings. The van der Waals surface area contributed by atoms with Crippen LogP contribution in [0.1, 0.15) is 0 Å². The van der Waals surface area contributed by atoms with Crippen molar-refractivity contribution in [1.29, 1.82) is 0 Å². The van der Waals surface area contributed by atoms with E-state index in [9.17, 15) is 25.3 Å². The van der Waals surface area contributed by atoms with Crippen molar-refractivity contribution in [3.05, 3.63) is 38.4 Å². The van der Waals surface area contributed by atoms with E-state index in [2.05, 4.69) is 0 Å². The summed E-state index contributed by atoms with van der Waals surface area (Å²) < 4.78 is 0. The van der Waals surface area contributed by atoms with E-state index >= 15 is 0 Å². The number of nitro benzene ring substituents is 2. The minimum atomic E-state index is -1.06. The Balaban J connectivity index is 0.00000169. The molecule has 0 unspecified atom stereocenters. The van der Waals surface area contributed by atoms with Crippen molar-refractivity contribution in [1.82, 2.24) is 0 Å². The molecule has 14 heavy (non-hydrogen) atoms. The van der Waals surface area contributed by atoms with Crippen molar-refractivity contribution >= 4 is 11.4 Å². The van der Waals surface area contributed by atoms with Crippen LogP contribution in [0.4, 0.5) is 11.4 Å². The Morgan fingerprint density at radius 2 is 1.64 bits per heavy atom. The smallest absolute Gasteiger partial charge is 0.868 e. The number of benzene rings is 1. The summed E-state index contributed by atoms with van der Waals surface area (Å²) in [6.45, 7) is 0. The molecule has 0 N–H and O–H groups in total. The zero-order valence-corrected chi connectivity index (χ0v) is 9.17. The van der Waals surface area contributed by atoms with Gasteiger partial charge in [-0.05, 0) is 5.75 Å². The van der Waals surface area contributed by atoms with E-state index in [1.54, 1.807) is 0 Å². The minimum Gasteiger partial charge on any atom is -0.868 e. The van der Waals surface area contributed by atoms with Gasteiger partial charge in [-0.3, -0.25) is 20.2 Å². The molecule has 1 aromatic carbocycles. The molecule has 0 saturated carbocycles. The van der Waals surface area contributed by atoms with Gasteiger partial charge in [-0.15, -0.1) is 0 Å². The zero-order chi connectivity index (χ0) is 10.0. The van der Waals surface area contributed by atoms with Crippen molar-refractivity contribution in [3.8, 4) is 5.75 Å². The minimum absolute atomic E-state index is 0. The second-order valence-electron chi connectivity index (χ2n) is 2.14. The van der Waals surface area contributed by atoms with Gasteiger partial charge in [-0.25, -0.2) is 0 Å². The van der Waals surface area contributed by atoms with Crippen LogP contribution in [0, 0.1) is 20.2 Å². The van der Waals surface area contributed by atoms with Crippen LogP contribution in [0.15, 0.2) is 18.2 Å². The van der Waals surface area contributed by atoms with E-state index in [0.29, 0.717) is 0 Å². The van der Waals surface area contributed by atoms with Gasteiger partial charge in [0.2, 0.25) is 0 Å². The first-order valence-corrected chi connectivity index (χ1v) is 3.13. The average molecular weight is 206 g/mol. The Hall–Kier alpha value is -1.18. The number of hydrogen-bond donors (Lipinski definition) is 0. The van der Waals surface area contributed by atoms with Gasteiger partial charge in [-0.1, -0.05) is 12.1 Å². The van der Waals surface area contributed by atoms with Gasteiger partial charge in [0.1, 0.15) is 0 Å². The fourth-order valence-corrected chi connectivity index (χ4v) is 0.842. The first-order valence-electron chi connectivity index (χ1n) is 3.13. The Labute approximate surface area is 99.9 Å². The maximum absolute atomic E-state index is 10.8. The standard InChI is InChI=1S/C6H4N2O5.Na/c9-5-3-1-2-4(7(10)11)6(5)8(12)13;/h1-3,9H;/q;+1/p-1. The van der Waals surface area contributed by atoms with Crippen LogP contribution >= 0.6 is 0 Å². The summed E-state index contributed by atoms with van der Waals surface area (Å²) in [5.41, 5.74) is -1.77. The van der Waals surface area contributed by atoms with E-state index in [0.717, 1.165) is 18.2 Å². The fraction of sp³-hybridized carbons (Fsp3) is 0. The van der Waals surface area contributed by atoms with Gasteiger partial charge in [0.15, 0.2) is 0 Å². The van der Waals surface area contributed by atoms with E-state index in [-0.39, 0.29) is 29.6 Å². The molecule has 8 heteroatoms. The van der Waals surface area contributed by atoms with Crippen LogP contribution in [0.25, 0.3) is 0 Å². The number of rotatable bonds is 2. The predicted octanol–water partition coefficient (Wildman–Crippen LogP) is -2.42.